The van der Waals surface area contributed by atoms with Crippen molar-refractivity contribution in [3.05, 3.63) is 0 Å². The minimum Gasteiger partial charge on any atom is -0.481 e. The maximum absolute atomic E-state index is 12.3. The third kappa shape index (κ3) is 10.5. The van der Waals surface area contributed by atoms with E-state index in [0.29, 0.717) is 0 Å². The number of hydrogen-bond acceptors (Lipinski definition) is 9. The molecule has 0 bridgehead atoms. The first-order chi connectivity index (χ1) is 14.3. The second-order valence-corrected chi connectivity index (χ2v) is 6.10. The van der Waals surface area contributed by atoms with Gasteiger partial charge < -0.3 is 47.2 Å². The lowest BCUT2D eigenvalue weighted by molar-refractivity contribution is -0.148. The second kappa shape index (κ2) is 12.7. The highest BCUT2D eigenvalue weighted by Gasteiger charge is 2.33. The number of carboxylic acid groups (broad SMARTS) is 4. The average molecular weight is 450 g/mol. The molecule has 174 valence electrons. The van der Waals surface area contributed by atoms with Gasteiger partial charge in [-0.1, -0.05) is 0 Å². The number of amides is 3. The number of hydrogen-bond donors (Lipinski definition) is 9. The molecule has 0 aliphatic rings. The first kappa shape index (κ1) is 27.2. The van der Waals surface area contributed by atoms with Gasteiger partial charge >= 0.3 is 23.9 Å². The minimum absolute atomic E-state index is 0.836. The summed E-state index contributed by atoms with van der Waals surface area (Å²) >= 11 is 0. The lowest BCUT2D eigenvalue weighted by Gasteiger charge is -2.23. The predicted octanol–water partition coefficient (Wildman–Crippen LogP) is -4.73. The molecule has 0 saturated carbocycles. The second-order valence-electron chi connectivity index (χ2n) is 6.10. The first-order valence-electron chi connectivity index (χ1n) is 8.44. The van der Waals surface area contributed by atoms with Gasteiger partial charge in [-0.05, 0) is 0 Å². The molecule has 16 heteroatoms. The molecule has 0 aromatic rings. The van der Waals surface area contributed by atoms with Crippen molar-refractivity contribution in [2.24, 2.45) is 5.73 Å². The van der Waals surface area contributed by atoms with E-state index in [1.807, 2.05) is 10.6 Å². The van der Waals surface area contributed by atoms with Gasteiger partial charge in [-0.3, -0.25) is 28.8 Å². The summed E-state index contributed by atoms with van der Waals surface area (Å²) in [6, 6.07) is -7.23. The van der Waals surface area contributed by atoms with E-state index in [-0.39, 0.29) is 0 Å². The zero-order valence-corrected chi connectivity index (χ0v) is 15.8. The number of nitrogens with one attached hydrogen (secondary N) is 3. The Kier molecular flexibility index (Phi) is 11.2. The van der Waals surface area contributed by atoms with Crippen molar-refractivity contribution >= 4 is 41.6 Å². The molecule has 0 rings (SSSR count). The van der Waals surface area contributed by atoms with Gasteiger partial charge in [0.1, 0.15) is 24.2 Å². The smallest absolute Gasteiger partial charge is 0.326 e. The highest BCUT2D eigenvalue weighted by molar-refractivity contribution is 5.97. The van der Waals surface area contributed by atoms with E-state index in [0.717, 1.165) is 0 Å². The highest BCUT2D eigenvalue weighted by atomic mass is 16.4. The monoisotopic (exact) mass is 450 g/mol. The largest absolute Gasteiger partial charge is 0.481 e. The van der Waals surface area contributed by atoms with Gasteiger partial charge in [0.2, 0.25) is 17.7 Å². The van der Waals surface area contributed by atoms with Crippen molar-refractivity contribution in [1.82, 2.24) is 16.0 Å². The van der Waals surface area contributed by atoms with Gasteiger partial charge in [0.05, 0.1) is 25.9 Å². The molecule has 0 spiro atoms. The number of aliphatic hydroxyl groups is 1. The number of nitrogens with two attached hydrogens (primary N) is 1. The SMILES string of the molecule is NC(CO)C(=O)NC(CC(=O)O)C(=O)NC(CC(=O)O)C(=O)NC(CC(=O)O)C(=O)O. The minimum atomic E-state index is -1.95. The molecular formula is C15H22N4O12. The van der Waals surface area contributed by atoms with Crippen molar-refractivity contribution in [2.45, 2.75) is 43.4 Å². The molecule has 10 N–H and O–H groups in total. The van der Waals surface area contributed by atoms with E-state index in [1.54, 1.807) is 5.32 Å². The Morgan fingerprint density at radius 2 is 0.935 bits per heavy atom. The van der Waals surface area contributed by atoms with Crippen LogP contribution in [0.1, 0.15) is 19.3 Å². The molecule has 0 aliphatic carbocycles. The number of carbonyl (C=O) groups is 7. The van der Waals surface area contributed by atoms with Gasteiger partial charge in [0.15, 0.2) is 0 Å². The summed E-state index contributed by atoms with van der Waals surface area (Å²) in [6.45, 7) is -0.836. The molecule has 0 aromatic heterocycles. The van der Waals surface area contributed by atoms with Crippen LogP contribution in [0, 0.1) is 0 Å². The molecule has 0 radical (unpaired) electrons. The predicted molar refractivity (Wildman–Crippen MR) is 95.2 cm³/mol. The summed E-state index contributed by atoms with van der Waals surface area (Å²) in [4.78, 5) is 80.0. The van der Waals surface area contributed by atoms with Crippen LogP contribution in [0.3, 0.4) is 0 Å². The molecule has 0 saturated heterocycles. The zero-order valence-electron chi connectivity index (χ0n) is 15.8. The fourth-order valence-electron chi connectivity index (χ4n) is 2.05. The highest BCUT2D eigenvalue weighted by Crippen LogP contribution is 2.01. The Balaban J connectivity index is 5.53. The molecule has 3 amide bonds. The molecule has 0 heterocycles. The summed E-state index contributed by atoms with van der Waals surface area (Å²) < 4.78 is 0. The third-order valence-electron chi connectivity index (χ3n) is 3.55. The summed E-state index contributed by atoms with van der Waals surface area (Å²) in [6.07, 6.45) is -3.14. The Morgan fingerprint density at radius 1 is 0.613 bits per heavy atom. The lowest BCUT2D eigenvalue weighted by atomic mass is 10.1. The summed E-state index contributed by atoms with van der Waals surface area (Å²) in [7, 11) is 0. The van der Waals surface area contributed by atoms with Gasteiger partial charge in [-0.25, -0.2) is 4.79 Å². The van der Waals surface area contributed by atoms with Crippen molar-refractivity contribution in [1.29, 1.82) is 0 Å². The van der Waals surface area contributed by atoms with Gasteiger partial charge in [-0.15, -0.1) is 0 Å². The van der Waals surface area contributed by atoms with Crippen LogP contribution in [0.2, 0.25) is 0 Å². The Bertz CT molecular complexity index is 740. The van der Waals surface area contributed by atoms with Crippen LogP contribution >= 0.6 is 0 Å². The Hall–Kier alpha value is -3.79. The number of aliphatic hydroxyl groups excluding tert-OH is 1. The summed E-state index contributed by atoms with van der Waals surface area (Å²) in [5.41, 5.74) is 5.25. The normalized spacial score (nSPS) is 14.3. The molecular weight excluding hydrogens is 428 g/mol. The standard InChI is InChI=1S/C15H22N4O12/c16-5(4-20)12(27)17-6(1-9(21)22)13(28)18-7(2-10(23)24)14(29)19-8(15(30)31)3-11(25)26/h5-8,20H,1-4,16H2,(H,17,27)(H,18,28)(H,19,29)(H,21,22)(H,23,24)(H,25,26)(H,30,31). The lowest BCUT2D eigenvalue weighted by Crippen LogP contribution is -2.58. The molecule has 31 heavy (non-hydrogen) atoms. The van der Waals surface area contributed by atoms with Crippen LogP contribution in [0.5, 0.6) is 0 Å². The van der Waals surface area contributed by atoms with Crippen molar-refractivity contribution in [2.75, 3.05) is 6.61 Å². The van der Waals surface area contributed by atoms with Crippen LogP contribution in [0.25, 0.3) is 0 Å². The van der Waals surface area contributed by atoms with Crippen LogP contribution in [-0.4, -0.2) is 97.9 Å². The van der Waals surface area contributed by atoms with Crippen molar-refractivity contribution in [3.8, 4) is 0 Å². The fraction of sp³-hybridized carbons (Fsp3) is 0.533. The number of carboxylic acids is 4. The molecule has 0 aliphatic heterocycles. The Morgan fingerprint density at radius 3 is 1.26 bits per heavy atom. The summed E-state index contributed by atoms with van der Waals surface area (Å²) in [5, 5.41) is 49.8. The van der Waals surface area contributed by atoms with Crippen LogP contribution in [-0.2, 0) is 33.6 Å². The van der Waals surface area contributed by atoms with Gasteiger partial charge in [0, 0.05) is 0 Å². The maximum Gasteiger partial charge on any atom is 0.326 e. The number of rotatable bonds is 14. The Labute approximate surface area is 173 Å². The molecule has 4 unspecified atom stereocenters. The van der Waals surface area contributed by atoms with E-state index in [9.17, 15) is 33.6 Å². The fourth-order valence-corrected chi connectivity index (χ4v) is 2.05. The average Bonchev–Trinajstić information content (AvgIpc) is 2.64. The molecule has 0 fully saturated rings. The maximum atomic E-state index is 12.3. The van der Waals surface area contributed by atoms with E-state index >= 15 is 0 Å². The van der Waals surface area contributed by atoms with E-state index in [2.05, 4.69) is 0 Å². The molecule has 4 atom stereocenters. The van der Waals surface area contributed by atoms with Crippen LogP contribution < -0.4 is 21.7 Å². The molecule has 16 nitrogen and oxygen atoms in total. The van der Waals surface area contributed by atoms with Crippen molar-refractivity contribution in [3.63, 3.8) is 0 Å². The van der Waals surface area contributed by atoms with E-state index in [4.69, 9.17) is 31.3 Å². The van der Waals surface area contributed by atoms with Crippen molar-refractivity contribution < 1.29 is 59.1 Å². The number of carbonyl (C=O) groups excluding carboxylic acids is 3. The number of aliphatic carboxylic acids is 4. The van der Waals surface area contributed by atoms with E-state index < -0.39 is 91.6 Å². The zero-order chi connectivity index (χ0) is 24.3. The summed E-state index contributed by atoms with van der Waals surface area (Å²) in [5.74, 6) is -10.3. The third-order valence-corrected chi connectivity index (χ3v) is 3.55. The molecule has 0 aromatic carbocycles. The topological polar surface area (TPSA) is 283 Å². The quantitative estimate of drug-likeness (QED) is 0.120. The van der Waals surface area contributed by atoms with Gasteiger partial charge in [0.25, 0.3) is 0 Å². The first-order valence-corrected chi connectivity index (χ1v) is 8.44. The van der Waals surface area contributed by atoms with Crippen LogP contribution in [0.15, 0.2) is 0 Å². The van der Waals surface area contributed by atoms with Crippen LogP contribution in [0.4, 0.5) is 0 Å². The van der Waals surface area contributed by atoms with E-state index in [1.165, 1.54) is 0 Å². The van der Waals surface area contributed by atoms with Gasteiger partial charge in [-0.2, -0.15) is 0 Å².